The Morgan fingerprint density at radius 2 is 1.84 bits per heavy atom. The van der Waals surface area contributed by atoms with E-state index in [-0.39, 0.29) is 11.8 Å². The van der Waals surface area contributed by atoms with Crippen LogP contribution in [0.5, 0.6) is 0 Å². The fraction of sp³-hybridized carbons (Fsp3) is 0.857. The summed E-state index contributed by atoms with van der Waals surface area (Å²) in [5.41, 5.74) is 0. The van der Waals surface area contributed by atoms with Gasteiger partial charge in [0.1, 0.15) is 6.04 Å². The largest absolute Gasteiger partial charge is 0.480 e. The number of carboxylic acid groups (broad SMARTS) is 1. The van der Waals surface area contributed by atoms with Crippen molar-refractivity contribution in [1.29, 1.82) is 0 Å². The predicted molar refractivity (Wildman–Crippen MR) is 71.8 cm³/mol. The van der Waals surface area contributed by atoms with Crippen LogP contribution in [-0.2, 0) is 9.59 Å². The molecule has 4 aliphatic rings. The predicted octanol–water partition coefficient (Wildman–Crippen LogP) is 1.31. The zero-order valence-corrected chi connectivity index (χ0v) is 11.6. The Bertz CT molecular complexity index is 424. The van der Waals surface area contributed by atoms with E-state index >= 15 is 0 Å². The maximum atomic E-state index is 12.7. The Kier molecular flexibility index (Phi) is 2.63. The number of hydrogen-bond donors (Lipinski definition) is 1. The molecular weight excluding hydrogens is 262 g/mol. The van der Waals surface area contributed by atoms with Crippen LogP contribution in [-0.4, -0.2) is 46.0 Å². The number of carbonyl (C=O) groups is 2. The van der Waals surface area contributed by atoms with Crippen LogP contribution in [0.15, 0.2) is 0 Å². The van der Waals surface area contributed by atoms with Crippen LogP contribution in [0.3, 0.4) is 0 Å². The summed E-state index contributed by atoms with van der Waals surface area (Å²) in [4.78, 5) is 25.6. The van der Waals surface area contributed by atoms with E-state index in [0.29, 0.717) is 24.1 Å². The molecule has 2 bridgehead atoms. The van der Waals surface area contributed by atoms with Gasteiger partial charge in [0.2, 0.25) is 5.91 Å². The van der Waals surface area contributed by atoms with Gasteiger partial charge in [0.25, 0.3) is 0 Å². The van der Waals surface area contributed by atoms with Gasteiger partial charge in [-0.15, -0.1) is 0 Å². The number of thioether (sulfide) groups is 1. The highest BCUT2D eigenvalue weighted by molar-refractivity contribution is 7.99. The summed E-state index contributed by atoms with van der Waals surface area (Å²) in [7, 11) is 0. The van der Waals surface area contributed by atoms with E-state index < -0.39 is 12.0 Å². The monoisotopic (exact) mass is 281 g/mol. The van der Waals surface area contributed by atoms with Gasteiger partial charge in [-0.3, -0.25) is 4.79 Å². The summed E-state index contributed by atoms with van der Waals surface area (Å²) in [5.74, 6) is 3.67. The van der Waals surface area contributed by atoms with Gasteiger partial charge < -0.3 is 10.0 Å². The van der Waals surface area contributed by atoms with E-state index in [1.54, 1.807) is 16.7 Å². The fourth-order valence-electron chi connectivity index (χ4n) is 4.92. The molecule has 0 aromatic heterocycles. The van der Waals surface area contributed by atoms with Crippen molar-refractivity contribution in [3.05, 3.63) is 0 Å². The third-order valence-corrected chi connectivity index (χ3v) is 6.74. The van der Waals surface area contributed by atoms with Crippen molar-refractivity contribution in [2.24, 2.45) is 29.6 Å². The summed E-state index contributed by atoms with van der Waals surface area (Å²) in [5, 5.41) is 9.27. The lowest BCUT2D eigenvalue weighted by atomic mass is 10.0. The summed E-state index contributed by atoms with van der Waals surface area (Å²) < 4.78 is 0. The molecule has 1 amide bonds. The van der Waals surface area contributed by atoms with Crippen molar-refractivity contribution < 1.29 is 14.7 Å². The minimum atomic E-state index is -0.839. The van der Waals surface area contributed by atoms with Crippen LogP contribution in [0.1, 0.15) is 19.3 Å². The first-order valence-corrected chi connectivity index (χ1v) is 8.45. The first-order chi connectivity index (χ1) is 9.18. The number of nitrogens with zero attached hydrogens (tertiary/aromatic N) is 1. The molecule has 0 spiro atoms. The number of hydrogen-bond acceptors (Lipinski definition) is 3. The molecular formula is C14H19NO3S. The summed E-state index contributed by atoms with van der Waals surface area (Å²) in [6.07, 6.45) is 3.93. The number of carbonyl (C=O) groups excluding carboxylic acids is 1. The molecule has 0 aromatic rings. The molecule has 1 saturated heterocycles. The highest BCUT2D eigenvalue weighted by Crippen LogP contribution is 2.69. The second-order valence-electron chi connectivity index (χ2n) is 6.47. The summed E-state index contributed by atoms with van der Waals surface area (Å²) in [6, 6.07) is -0.592. The third-order valence-electron chi connectivity index (χ3n) is 5.72. The van der Waals surface area contributed by atoms with E-state index in [9.17, 15) is 14.7 Å². The van der Waals surface area contributed by atoms with Crippen LogP contribution in [0.25, 0.3) is 0 Å². The zero-order chi connectivity index (χ0) is 13.1. The smallest absolute Gasteiger partial charge is 0.327 e. The topological polar surface area (TPSA) is 57.6 Å². The molecule has 0 radical (unpaired) electrons. The molecule has 0 aromatic carbocycles. The molecule has 1 heterocycles. The molecule has 4 fully saturated rings. The van der Waals surface area contributed by atoms with Crippen LogP contribution in [0.4, 0.5) is 0 Å². The van der Waals surface area contributed by atoms with Crippen molar-refractivity contribution in [2.45, 2.75) is 25.3 Å². The quantitative estimate of drug-likeness (QED) is 0.829. The fourth-order valence-corrected chi connectivity index (χ4v) is 5.96. The van der Waals surface area contributed by atoms with Gasteiger partial charge in [0.05, 0.1) is 0 Å². The van der Waals surface area contributed by atoms with Gasteiger partial charge in [-0.1, -0.05) is 0 Å². The maximum Gasteiger partial charge on any atom is 0.327 e. The highest BCUT2D eigenvalue weighted by Gasteiger charge is 2.68. The van der Waals surface area contributed by atoms with Gasteiger partial charge in [-0.05, 0) is 42.9 Å². The number of aliphatic carboxylic acids is 1. The molecule has 5 heteroatoms. The average Bonchev–Trinajstić information content (AvgIpc) is 2.85. The minimum absolute atomic E-state index is 0.152. The standard InChI is InChI=1S/C14H19NO3S/c16-13(15-3-4-19-6-9(15)14(17)18)12-10-7-1-2-8(5-7)11(10)12/h7-12H,1-6H2,(H,17,18). The maximum absolute atomic E-state index is 12.7. The molecule has 3 aliphatic carbocycles. The number of fused-ring (bicyclic) bond motifs is 5. The molecule has 1 N–H and O–H groups in total. The van der Waals surface area contributed by atoms with E-state index in [0.717, 1.165) is 17.6 Å². The van der Waals surface area contributed by atoms with Gasteiger partial charge in [-0.25, -0.2) is 4.79 Å². The Labute approximate surface area is 116 Å². The van der Waals surface area contributed by atoms with Crippen molar-refractivity contribution in [2.75, 3.05) is 18.1 Å². The van der Waals surface area contributed by atoms with Crippen LogP contribution in [0, 0.1) is 29.6 Å². The molecule has 1 aliphatic heterocycles. The van der Waals surface area contributed by atoms with E-state index in [1.807, 2.05) is 0 Å². The molecule has 4 rings (SSSR count). The van der Waals surface area contributed by atoms with Crippen molar-refractivity contribution in [1.82, 2.24) is 4.90 Å². The van der Waals surface area contributed by atoms with Crippen molar-refractivity contribution in [3.63, 3.8) is 0 Å². The van der Waals surface area contributed by atoms with Gasteiger partial charge in [-0.2, -0.15) is 11.8 Å². The molecule has 104 valence electrons. The first-order valence-electron chi connectivity index (χ1n) is 7.29. The lowest BCUT2D eigenvalue weighted by Crippen LogP contribution is -2.51. The van der Waals surface area contributed by atoms with E-state index in [4.69, 9.17) is 0 Å². The normalized spacial score (nSPS) is 47.1. The van der Waals surface area contributed by atoms with Crippen LogP contribution >= 0.6 is 11.8 Å². The first kappa shape index (κ1) is 12.1. The second-order valence-corrected chi connectivity index (χ2v) is 7.62. The van der Waals surface area contributed by atoms with Crippen LogP contribution < -0.4 is 0 Å². The molecule has 5 unspecified atom stereocenters. The number of carboxylic acids is 1. The number of rotatable bonds is 2. The molecule has 19 heavy (non-hydrogen) atoms. The number of amides is 1. The van der Waals surface area contributed by atoms with Gasteiger partial charge >= 0.3 is 5.97 Å². The van der Waals surface area contributed by atoms with E-state index in [2.05, 4.69) is 0 Å². The molecule has 3 saturated carbocycles. The Balaban J connectivity index is 1.50. The second kappa shape index (κ2) is 4.14. The van der Waals surface area contributed by atoms with Crippen molar-refractivity contribution >= 4 is 23.6 Å². The summed E-state index contributed by atoms with van der Waals surface area (Å²) in [6.45, 7) is 0.617. The lowest BCUT2D eigenvalue weighted by Gasteiger charge is -2.33. The lowest BCUT2D eigenvalue weighted by molar-refractivity contribution is -0.150. The highest BCUT2D eigenvalue weighted by atomic mass is 32.2. The Morgan fingerprint density at radius 1 is 1.16 bits per heavy atom. The molecule has 4 nitrogen and oxygen atoms in total. The van der Waals surface area contributed by atoms with E-state index in [1.165, 1.54) is 19.3 Å². The van der Waals surface area contributed by atoms with Crippen molar-refractivity contribution in [3.8, 4) is 0 Å². The van der Waals surface area contributed by atoms with Gasteiger partial charge in [0, 0.05) is 24.0 Å². The van der Waals surface area contributed by atoms with Gasteiger partial charge in [0.15, 0.2) is 0 Å². The average molecular weight is 281 g/mol. The Hall–Kier alpha value is -0.710. The SMILES string of the molecule is O=C(O)C1CSCCN1C(=O)C1C2C3CCC(C3)C12. The third kappa shape index (κ3) is 1.66. The van der Waals surface area contributed by atoms with Crippen LogP contribution in [0.2, 0.25) is 0 Å². The minimum Gasteiger partial charge on any atom is -0.480 e. The Morgan fingerprint density at radius 3 is 2.47 bits per heavy atom. The molecule has 5 atom stereocenters. The summed E-state index contributed by atoms with van der Waals surface area (Å²) >= 11 is 1.64. The zero-order valence-electron chi connectivity index (χ0n) is 10.8.